The van der Waals surface area contributed by atoms with Gasteiger partial charge >= 0.3 is 0 Å². The third kappa shape index (κ3) is 8.00. The van der Waals surface area contributed by atoms with Crippen molar-refractivity contribution in [1.82, 2.24) is 14.5 Å². The van der Waals surface area contributed by atoms with Crippen LogP contribution in [0.3, 0.4) is 0 Å². The molecular weight excluding hydrogens is 446 g/mol. The van der Waals surface area contributed by atoms with Crippen molar-refractivity contribution in [1.29, 1.82) is 0 Å². The molecule has 2 atom stereocenters. The molecule has 1 aromatic carbocycles. The number of hydrogen-bond acceptors (Lipinski definition) is 4. The van der Waals surface area contributed by atoms with Gasteiger partial charge in [0.25, 0.3) is 0 Å². The van der Waals surface area contributed by atoms with Gasteiger partial charge in [0.2, 0.25) is 0 Å². The fraction of sp³-hybridized carbons (Fsp3) is 0.613. The van der Waals surface area contributed by atoms with Crippen LogP contribution in [0.25, 0.3) is 0 Å². The number of hydrogen-bond donors (Lipinski definition) is 1. The molecule has 1 fully saturated rings. The van der Waals surface area contributed by atoms with Crippen molar-refractivity contribution in [3.8, 4) is 0 Å². The van der Waals surface area contributed by atoms with E-state index in [4.69, 9.17) is 0 Å². The first-order valence-corrected chi connectivity index (χ1v) is 14.6. The van der Waals surface area contributed by atoms with Crippen LogP contribution in [0, 0.1) is 12.8 Å². The third-order valence-corrected chi connectivity index (χ3v) is 9.10. The Kier molecular flexibility index (Phi) is 11.0. The molecule has 0 spiro atoms. The average molecular weight is 496 g/mol. The maximum absolute atomic E-state index is 4.37. The maximum atomic E-state index is 4.37. The summed E-state index contributed by atoms with van der Waals surface area (Å²) in [5.74, 6) is 0.971. The van der Waals surface area contributed by atoms with Gasteiger partial charge in [0.15, 0.2) is 0 Å². The van der Waals surface area contributed by atoms with Gasteiger partial charge in [-0.05, 0) is 88.1 Å². The number of piperazine rings is 1. The predicted molar refractivity (Wildman–Crippen MR) is 155 cm³/mol. The summed E-state index contributed by atoms with van der Waals surface area (Å²) in [5.41, 5.74) is 8.35. The number of nitrogens with zero attached hydrogens (tertiary/aromatic N) is 2. The second-order valence-corrected chi connectivity index (χ2v) is 11.8. The van der Waals surface area contributed by atoms with Crippen molar-refractivity contribution >= 4 is 11.9 Å². The molecule has 0 amide bonds. The molecule has 35 heavy (non-hydrogen) atoms. The number of rotatable bonds is 12. The largest absolute Gasteiger partial charge is 0.330 e. The van der Waals surface area contributed by atoms with E-state index < -0.39 is 0 Å². The van der Waals surface area contributed by atoms with Gasteiger partial charge in [-0.1, -0.05) is 62.3 Å². The van der Waals surface area contributed by atoms with Crippen LogP contribution >= 0.6 is 11.9 Å². The third-order valence-electron chi connectivity index (χ3n) is 7.94. The molecule has 0 aromatic heterocycles. The van der Waals surface area contributed by atoms with E-state index in [1.54, 1.807) is 11.9 Å². The number of nitrogens with one attached hydrogen (secondary N) is 1. The standard InChI is InChI=1S/C31H49N3S/c1-8-9-10-11-27-13-15-29(30-22-24(4)12-14-28(30)23(2)3)26(6)31(27)35-32-25(5)16-17-34-20-18-33(7)19-21-34/h13,15,22,28,30,32H,2,5,8-12,14,16-21H2,1,3-4,6-7H3. The van der Waals surface area contributed by atoms with Gasteiger partial charge in [-0.2, -0.15) is 0 Å². The van der Waals surface area contributed by atoms with Crippen LogP contribution in [0.5, 0.6) is 0 Å². The zero-order valence-corrected chi connectivity index (χ0v) is 23.9. The molecule has 1 saturated heterocycles. The molecule has 2 aliphatic rings. The molecule has 1 aliphatic heterocycles. The molecule has 1 aromatic rings. The summed E-state index contributed by atoms with van der Waals surface area (Å²) in [6.07, 6.45) is 10.9. The second kappa shape index (κ2) is 13.7. The summed E-state index contributed by atoms with van der Waals surface area (Å²) in [5, 5.41) is 0. The number of likely N-dealkylation sites (N-methyl/N-ethyl adjacent to an activating group) is 1. The van der Waals surface area contributed by atoms with Crippen LogP contribution < -0.4 is 4.72 Å². The van der Waals surface area contributed by atoms with Gasteiger partial charge < -0.3 is 14.5 Å². The highest BCUT2D eigenvalue weighted by atomic mass is 32.2. The summed E-state index contributed by atoms with van der Waals surface area (Å²) < 4.78 is 3.64. The Bertz CT molecular complexity index is 895. The first-order chi connectivity index (χ1) is 16.8. The summed E-state index contributed by atoms with van der Waals surface area (Å²) in [7, 11) is 2.21. The van der Waals surface area contributed by atoms with Gasteiger partial charge in [0.1, 0.15) is 0 Å². The Balaban J connectivity index is 1.75. The minimum atomic E-state index is 0.436. The highest BCUT2D eigenvalue weighted by Gasteiger charge is 2.28. The van der Waals surface area contributed by atoms with Crippen molar-refractivity contribution in [3.05, 3.63) is 64.9 Å². The van der Waals surface area contributed by atoms with Crippen molar-refractivity contribution in [3.63, 3.8) is 0 Å². The van der Waals surface area contributed by atoms with Crippen LogP contribution in [0.15, 0.2) is 53.1 Å². The van der Waals surface area contributed by atoms with E-state index in [9.17, 15) is 0 Å². The Morgan fingerprint density at radius 1 is 1.11 bits per heavy atom. The Morgan fingerprint density at radius 3 is 2.54 bits per heavy atom. The van der Waals surface area contributed by atoms with E-state index in [-0.39, 0.29) is 0 Å². The van der Waals surface area contributed by atoms with Crippen LogP contribution in [0.1, 0.15) is 81.9 Å². The lowest BCUT2D eigenvalue weighted by molar-refractivity contribution is 0.155. The van der Waals surface area contributed by atoms with Crippen LogP contribution in [-0.4, -0.2) is 49.6 Å². The minimum absolute atomic E-state index is 0.436. The van der Waals surface area contributed by atoms with Crippen LogP contribution in [0.4, 0.5) is 0 Å². The van der Waals surface area contributed by atoms with Crippen molar-refractivity contribution in [2.75, 3.05) is 39.8 Å². The van der Waals surface area contributed by atoms with Gasteiger partial charge in [-0.3, -0.25) is 0 Å². The summed E-state index contributed by atoms with van der Waals surface area (Å²) in [6, 6.07) is 4.82. The highest BCUT2D eigenvalue weighted by molar-refractivity contribution is 7.97. The van der Waals surface area contributed by atoms with Crippen LogP contribution in [-0.2, 0) is 6.42 Å². The summed E-state index contributed by atoms with van der Waals surface area (Å²) in [6.45, 7) is 23.6. The van der Waals surface area contributed by atoms with E-state index in [2.05, 4.69) is 80.6 Å². The predicted octanol–water partition coefficient (Wildman–Crippen LogP) is 7.49. The molecule has 3 rings (SSSR count). The molecule has 2 unspecified atom stereocenters. The highest BCUT2D eigenvalue weighted by Crippen LogP contribution is 2.43. The lowest BCUT2D eigenvalue weighted by Gasteiger charge is -2.33. The molecule has 3 nitrogen and oxygen atoms in total. The fourth-order valence-electron chi connectivity index (χ4n) is 5.50. The SMILES string of the molecule is C=C(CCN1CCN(C)CC1)NSc1c(CCCCC)ccc(C2C=C(C)CCC2C(=C)C)c1C. The van der Waals surface area contributed by atoms with Crippen molar-refractivity contribution < 1.29 is 0 Å². The van der Waals surface area contributed by atoms with E-state index in [0.717, 1.165) is 38.2 Å². The number of aryl methyl sites for hydroxylation is 1. The van der Waals surface area contributed by atoms with Crippen LogP contribution in [0.2, 0.25) is 0 Å². The molecule has 1 aliphatic carbocycles. The van der Waals surface area contributed by atoms with E-state index >= 15 is 0 Å². The minimum Gasteiger partial charge on any atom is -0.330 e. The van der Waals surface area contributed by atoms with E-state index in [0.29, 0.717) is 11.8 Å². The molecule has 1 heterocycles. The van der Waals surface area contributed by atoms with Crippen molar-refractivity contribution in [2.24, 2.45) is 5.92 Å². The fourth-order valence-corrected chi connectivity index (χ4v) is 6.42. The smallest absolute Gasteiger partial charge is 0.0348 e. The Labute approximate surface area is 220 Å². The second-order valence-electron chi connectivity index (χ2n) is 11.0. The van der Waals surface area contributed by atoms with E-state index in [1.165, 1.54) is 77.9 Å². The van der Waals surface area contributed by atoms with Gasteiger partial charge in [0.05, 0.1) is 0 Å². The normalized spacial score (nSPS) is 21.6. The number of allylic oxidation sites excluding steroid dienone is 3. The number of benzene rings is 1. The molecule has 194 valence electrons. The average Bonchev–Trinajstić information content (AvgIpc) is 2.83. The number of unbranched alkanes of at least 4 members (excludes halogenated alkanes) is 2. The summed E-state index contributed by atoms with van der Waals surface area (Å²) >= 11 is 1.80. The lowest BCUT2D eigenvalue weighted by atomic mass is 9.73. The Hall–Kier alpha value is -1.49. The maximum Gasteiger partial charge on any atom is 0.0348 e. The van der Waals surface area contributed by atoms with Gasteiger partial charge in [-0.15, -0.1) is 0 Å². The summed E-state index contributed by atoms with van der Waals surface area (Å²) in [4.78, 5) is 6.39. The lowest BCUT2D eigenvalue weighted by Crippen LogP contribution is -2.44. The first kappa shape index (κ1) is 28.1. The molecule has 0 radical (unpaired) electrons. The monoisotopic (exact) mass is 495 g/mol. The first-order valence-electron chi connectivity index (χ1n) is 13.8. The molecule has 0 bridgehead atoms. The van der Waals surface area contributed by atoms with E-state index in [1.807, 2.05) is 0 Å². The molecular formula is C31H49N3S. The Morgan fingerprint density at radius 2 is 1.86 bits per heavy atom. The van der Waals surface area contributed by atoms with Crippen molar-refractivity contribution in [2.45, 2.75) is 83.5 Å². The zero-order valence-electron chi connectivity index (χ0n) is 23.1. The topological polar surface area (TPSA) is 18.5 Å². The quantitative estimate of drug-likeness (QED) is 0.184. The van der Waals surface area contributed by atoms with Gasteiger partial charge in [-0.25, -0.2) is 0 Å². The molecule has 4 heteroatoms. The van der Waals surface area contributed by atoms with Gasteiger partial charge in [0, 0.05) is 55.7 Å². The molecule has 0 saturated carbocycles. The zero-order chi connectivity index (χ0) is 25.4. The molecule has 1 N–H and O–H groups in total.